The third-order valence-corrected chi connectivity index (χ3v) is 5.11. The maximum atomic E-state index is 13.3. The number of carbonyl (C=O) groups excluding carboxylic acids is 1. The molecule has 2 N–H and O–H groups in total. The average molecular weight is 425 g/mol. The fourth-order valence-corrected chi connectivity index (χ4v) is 3.66. The molecule has 1 amide bonds. The molecule has 0 aromatic heterocycles. The number of aliphatic imine (C=N–C) groups is 1. The van der Waals surface area contributed by atoms with Crippen LogP contribution in [0.25, 0.3) is 11.1 Å². The lowest BCUT2D eigenvalue weighted by Gasteiger charge is -2.26. The first-order chi connectivity index (χ1) is 14.7. The first-order valence-electron chi connectivity index (χ1n) is 9.36. The van der Waals surface area contributed by atoms with E-state index in [-0.39, 0.29) is 17.6 Å². The normalized spacial score (nSPS) is 18.8. The smallest absolute Gasteiger partial charge is 0.406 e. The Morgan fingerprint density at radius 2 is 1.52 bits per heavy atom. The van der Waals surface area contributed by atoms with Crippen LogP contribution in [0.3, 0.4) is 0 Å². The molecule has 3 aromatic carbocycles. The number of nitrogens with two attached hydrogens (primary N) is 1. The fourth-order valence-electron chi connectivity index (χ4n) is 3.66. The Morgan fingerprint density at radius 1 is 0.903 bits per heavy atom. The first-order valence-corrected chi connectivity index (χ1v) is 9.36. The molecule has 0 spiro atoms. The maximum Gasteiger partial charge on any atom is 0.573 e. The van der Waals surface area contributed by atoms with Crippen LogP contribution in [0, 0.1) is 0 Å². The van der Waals surface area contributed by atoms with Crippen molar-refractivity contribution in [3.05, 3.63) is 90.0 Å². The predicted molar refractivity (Wildman–Crippen MR) is 110 cm³/mol. The van der Waals surface area contributed by atoms with Crippen molar-refractivity contribution < 1.29 is 22.7 Å². The number of halogens is 3. The van der Waals surface area contributed by atoms with Crippen molar-refractivity contribution in [2.24, 2.45) is 10.7 Å². The molecule has 158 valence electrons. The monoisotopic (exact) mass is 425 g/mol. The standard InChI is InChI=1S/C23H18F3N3O2/c1-29-20(30)22(28-21(29)27,17-9-3-2-4-10-17)18-11-5-7-15(13-18)16-8-6-12-19(14-16)31-23(24,25)26/h2-14H,1H3,(H2,27,28). The highest BCUT2D eigenvalue weighted by Gasteiger charge is 2.49. The summed E-state index contributed by atoms with van der Waals surface area (Å²) in [7, 11) is 1.55. The highest BCUT2D eigenvalue weighted by molar-refractivity contribution is 6.09. The summed E-state index contributed by atoms with van der Waals surface area (Å²) in [6.45, 7) is 0. The van der Waals surface area contributed by atoms with E-state index in [4.69, 9.17) is 5.73 Å². The van der Waals surface area contributed by atoms with Gasteiger partial charge in [-0.3, -0.25) is 9.69 Å². The number of amides is 1. The van der Waals surface area contributed by atoms with Gasteiger partial charge in [-0.25, -0.2) is 4.99 Å². The van der Waals surface area contributed by atoms with Gasteiger partial charge in [-0.05, 0) is 40.5 Å². The molecule has 1 heterocycles. The van der Waals surface area contributed by atoms with E-state index in [0.717, 1.165) is 0 Å². The summed E-state index contributed by atoms with van der Waals surface area (Å²) in [5.74, 6) is -0.561. The predicted octanol–water partition coefficient (Wildman–Crippen LogP) is 4.28. The number of hydrogen-bond acceptors (Lipinski definition) is 4. The van der Waals surface area contributed by atoms with Crippen molar-refractivity contribution in [1.29, 1.82) is 0 Å². The molecule has 1 aliphatic heterocycles. The van der Waals surface area contributed by atoms with E-state index in [1.54, 1.807) is 61.6 Å². The van der Waals surface area contributed by atoms with Crippen molar-refractivity contribution in [3.63, 3.8) is 0 Å². The molecule has 1 atom stereocenters. The Bertz CT molecular complexity index is 1160. The second-order valence-corrected chi connectivity index (χ2v) is 7.07. The van der Waals surface area contributed by atoms with Gasteiger partial charge < -0.3 is 10.5 Å². The topological polar surface area (TPSA) is 67.9 Å². The Hall–Kier alpha value is -3.81. The molecule has 0 saturated carbocycles. The molecule has 0 radical (unpaired) electrons. The quantitative estimate of drug-likeness (QED) is 0.678. The van der Waals surface area contributed by atoms with Crippen LogP contribution in [0.15, 0.2) is 83.9 Å². The minimum Gasteiger partial charge on any atom is -0.406 e. The number of rotatable bonds is 4. The summed E-state index contributed by atoms with van der Waals surface area (Å²) >= 11 is 0. The molecule has 1 aliphatic rings. The molecule has 8 heteroatoms. The van der Waals surface area contributed by atoms with E-state index >= 15 is 0 Å². The van der Waals surface area contributed by atoms with Gasteiger partial charge in [0.1, 0.15) is 5.75 Å². The van der Waals surface area contributed by atoms with Crippen LogP contribution < -0.4 is 10.5 Å². The lowest BCUT2D eigenvalue weighted by atomic mass is 9.82. The highest BCUT2D eigenvalue weighted by atomic mass is 19.4. The molecule has 0 aliphatic carbocycles. The van der Waals surface area contributed by atoms with Gasteiger partial charge in [0, 0.05) is 7.05 Å². The van der Waals surface area contributed by atoms with Crippen LogP contribution in [0.5, 0.6) is 5.75 Å². The van der Waals surface area contributed by atoms with Gasteiger partial charge in [0.15, 0.2) is 11.5 Å². The maximum absolute atomic E-state index is 13.3. The molecule has 0 bridgehead atoms. The van der Waals surface area contributed by atoms with Crippen LogP contribution >= 0.6 is 0 Å². The van der Waals surface area contributed by atoms with E-state index in [0.29, 0.717) is 22.3 Å². The van der Waals surface area contributed by atoms with Crippen molar-refractivity contribution in [3.8, 4) is 16.9 Å². The van der Waals surface area contributed by atoms with Gasteiger partial charge in [-0.2, -0.15) is 0 Å². The average Bonchev–Trinajstić information content (AvgIpc) is 2.98. The van der Waals surface area contributed by atoms with Crippen LogP contribution in [0.2, 0.25) is 0 Å². The van der Waals surface area contributed by atoms with E-state index in [9.17, 15) is 18.0 Å². The van der Waals surface area contributed by atoms with Gasteiger partial charge in [0.05, 0.1) is 0 Å². The van der Waals surface area contributed by atoms with Crippen LogP contribution in [0.4, 0.5) is 13.2 Å². The summed E-state index contributed by atoms with van der Waals surface area (Å²) in [6.07, 6.45) is -4.79. The Kier molecular flexibility index (Phi) is 4.93. The molecule has 1 unspecified atom stereocenters. The fraction of sp³-hybridized carbons (Fsp3) is 0.130. The largest absolute Gasteiger partial charge is 0.573 e. The van der Waals surface area contributed by atoms with Gasteiger partial charge >= 0.3 is 6.36 Å². The Morgan fingerprint density at radius 3 is 2.13 bits per heavy atom. The number of nitrogens with zero attached hydrogens (tertiary/aromatic N) is 2. The first kappa shape index (κ1) is 20.5. The summed E-state index contributed by atoms with van der Waals surface area (Å²) < 4.78 is 41.9. The van der Waals surface area contributed by atoms with E-state index in [2.05, 4.69) is 9.73 Å². The van der Waals surface area contributed by atoms with Crippen LogP contribution in [0.1, 0.15) is 11.1 Å². The highest BCUT2D eigenvalue weighted by Crippen LogP contribution is 2.40. The van der Waals surface area contributed by atoms with Crippen LogP contribution in [-0.2, 0) is 10.3 Å². The van der Waals surface area contributed by atoms with E-state index < -0.39 is 11.9 Å². The Balaban J connectivity index is 1.84. The van der Waals surface area contributed by atoms with E-state index in [1.165, 1.54) is 23.1 Å². The minimum atomic E-state index is -4.79. The molecular formula is C23H18F3N3O2. The number of ether oxygens (including phenoxy) is 1. The van der Waals surface area contributed by atoms with Gasteiger partial charge in [-0.15, -0.1) is 13.2 Å². The summed E-state index contributed by atoms with van der Waals surface area (Å²) in [6, 6.07) is 21.6. The molecule has 4 rings (SSSR count). The third-order valence-electron chi connectivity index (χ3n) is 5.11. The van der Waals surface area contributed by atoms with Crippen molar-refractivity contribution >= 4 is 11.9 Å². The molecule has 31 heavy (non-hydrogen) atoms. The number of carbonyl (C=O) groups is 1. The number of likely N-dealkylation sites (N-methyl/N-ethyl adjacent to an activating group) is 1. The number of guanidine groups is 1. The molecule has 0 saturated heterocycles. The number of hydrogen-bond donors (Lipinski definition) is 1. The number of alkyl halides is 3. The van der Waals surface area contributed by atoms with Crippen molar-refractivity contribution in [1.82, 2.24) is 4.90 Å². The summed E-state index contributed by atoms with van der Waals surface area (Å²) in [4.78, 5) is 19.1. The van der Waals surface area contributed by atoms with E-state index in [1.807, 2.05) is 6.07 Å². The second kappa shape index (κ2) is 7.46. The molecule has 5 nitrogen and oxygen atoms in total. The minimum absolute atomic E-state index is 0.0832. The SMILES string of the molecule is CN1C(=O)C(c2ccccc2)(c2cccc(-c3cccc(OC(F)(F)F)c3)c2)N=C1N. The zero-order valence-electron chi connectivity index (χ0n) is 16.4. The lowest BCUT2D eigenvalue weighted by Crippen LogP contribution is -2.41. The zero-order valence-corrected chi connectivity index (χ0v) is 16.4. The third kappa shape index (κ3) is 3.72. The van der Waals surface area contributed by atoms with Crippen LogP contribution in [-0.4, -0.2) is 30.2 Å². The van der Waals surface area contributed by atoms with Crippen molar-refractivity contribution in [2.75, 3.05) is 7.05 Å². The Labute approximate surface area is 176 Å². The van der Waals surface area contributed by atoms with Gasteiger partial charge in [0.2, 0.25) is 0 Å². The summed E-state index contributed by atoms with van der Waals surface area (Å²) in [5.41, 5.74) is 6.90. The zero-order chi connectivity index (χ0) is 22.2. The second-order valence-electron chi connectivity index (χ2n) is 7.07. The molecule has 3 aromatic rings. The molecular weight excluding hydrogens is 407 g/mol. The summed E-state index contributed by atoms with van der Waals surface area (Å²) in [5, 5.41) is 0. The van der Waals surface area contributed by atoms with Gasteiger partial charge in [0.25, 0.3) is 5.91 Å². The number of benzene rings is 3. The molecule has 0 fully saturated rings. The van der Waals surface area contributed by atoms with Gasteiger partial charge in [-0.1, -0.05) is 60.7 Å². The van der Waals surface area contributed by atoms with Crippen molar-refractivity contribution in [2.45, 2.75) is 11.9 Å². The lowest BCUT2D eigenvalue weighted by molar-refractivity contribution is -0.274.